The number of carbonyl (C=O) groups is 1. The third-order valence-corrected chi connectivity index (χ3v) is 2.59. The first-order chi connectivity index (χ1) is 6.29. The van der Waals surface area contributed by atoms with Crippen molar-refractivity contribution < 1.29 is 9.21 Å². The molecule has 1 saturated heterocycles. The lowest BCUT2D eigenvalue weighted by Crippen LogP contribution is -2.27. The number of amides is 1. The van der Waals surface area contributed by atoms with Crippen LogP contribution in [0, 0.1) is 0 Å². The highest BCUT2D eigenvalue weighted by molar-refractivity contribution is 5.74. The maximum atomic E-state index is 11.2. The van der Waals surface area contributed by atoms with Crippen LogP contribution in [0.15, 0.2) is 23.0 Å². The summed E-state index contributed by atoms with van der Waals surface area (Å²) in [6, 6.07) is 2.18. The van der Waals surface area contributed by atoms with Gasteiger partial charge >= 0.3 is 0 Å². The molecule has 0 radical (unpaired) electrons. The minimum atomic E-state index is 0.156. The lowest BCUT2D eigenvalue weighted by molar-refractivity contribution is -0.129. The topological polar surface area (TPSA) is 33.5 Å². The maximum absolute atomic E-state index is 11.2. The van der Waals surface area contributed by atoms with Gasteiger partial charge in [0.1, 0.15) is 0 Å². The molecule has 3 nitrogen and oxygen atoms in total. The molecule has 1 unspecified atom stereocenters. The zero-order valence-corrected chi connectivity index (χ0v) is 7.69. The molecule has 70 valence electrons. The first-order valence-electron chi connectivity index (χ1n) is 4.58. The van der Waals surface area contributed by atoms with Gasteiger partial charge in [-0.15, -0.1) is 0 Å². The van der Waals surface area contributed by atoms with Crippen molar-refractivity contribution in [3.05, 3.63) is 24.2 Å². The maximum Gasteiger partial charge on any atom is 0.219 e. The van der Waals surface area contributed by atoms with Crippen LogP contribution in [0.25, 0.3) is 0 Å². The molecule has 0 spiro atoms. The van der Waals surface area contributed by atoms with Crippen molar-refractivity contribution in [3.8, 4) is 0 Å². The SMILES string of the molecule is CC(=O)N1CCCC1c1ccoc1. The zero-order chi connectivity index (χ0) is 9.26. The molecule has 2 heterocycles. The largest absolute Gasteiger partial charge is 0.472 e. The molecule has 0 saturated carbocycles. The van der Waals surface area contributed by atoms with Crippen molar-refractivity contribution in [3.63, 3.8) is 0 Å². The fourth-order valence-electron chi connectivity index (χ4n) is 1.95. The van der Waals surface area contributed by atoms with Gasteiger partial charge in [0, 0.05) is 19.0 Å². The summed E-state index contributed by atoms with van der Waals surface area (Å²) in [7, 11) is 0. The van der Waals surface area contributed by atoms with Gasteiger partial charge in [0.25, 0.3) is 0 Å². The predicted molar refractivity (Wildman–Crippen MR) is 48.1 cm³/mol. The minimum absolute atomic E-state index is 0.156. The van der Waals surface area contributed by atoms with Gasteiger partial charge in [-0.25, -0.2) is 0 Å². The molecule has 1 amide bonds. The van der Waals surface area contributed by atoms with Gasteiger partial charge in [-0.2, -0.15) is 0 Å². The van der Waals surface area contributed by atoms with Crippen LogP contribution in [0.1, 0.15) is 31.4 Å². The van der Waals surface area contributed by atoms with Crippen LogP contribution in [-0.4, -0.2) is 17.4 Å². The molecule has 13 heavy (non-hydrogen) atoms. The average molecular weight is 179 g/mol. The van der Waals surface area contributed by atoms with E-state index in [1.165, 1.54) is 0 Å². The molecule has 1 aliphatic rings. The third-order valence-electron chi connectivity index (χ3n) is 2.59. The van der Waals surface area contributed by atoms with Crippen molar-refractivity contribution in [1.29, 1.82) is 0 Å². The third kappa shape index (κ3) is 1.46. The Bertz CT molecular complexity index is 292. The fraction of sp³-hybridized carbons (Fsp3) is 0.500. The Labute approximate surface area is 77.3 Å². The van der Waals surface area contributed by atoms with E-state index in [0.29, 0.717) is 0 Å². The molecule has 0 N–H and O–H groups in total. The van der Waals surface area contributed by atoms with Gasteiger partial charge in [0.05, 0.1) is 18.6 Å². The van der Waals surface area contributed by atoms with E-state index in [0.717, 1.165) is 24.9 Å². The van der Waals surface area contributed by atoms with Crippen LogP contribution in [0.4, 0.5) is 0 Å². The van der Waals surface area contributed by atoms with Gasteiger partial charge in [-0.05, 0) is 18.9 Å². The summed E-state index contributed by atoms with van der Waals surface area (Å²) in [5.74, 6) is 0.156. The second-order valence-electron chi connectivity index (χ2n) is 3.43. The minimum Gasteiger partial charge on any atom is -0.472 e. The van der Waals surface area contributed by atoms with Crippen molar-refractivity contribution in [2.45, 2.75) is 25.8 Å². The number of furan rings is 1. The molecule has 3 heteroatoms. The molecule has 1 atom stereocenters. The molecule has 0 aliphatic carbocycles. The number of carbonyl (C=O) groups excluding carboxylic acids is 1. The monoisotopic (exact) mass is 179 g/mol. The van der Waals surface area contributed by atoms with Crippen molar-refractivity contribution in [2.24, 2.45) is 0 Å². The summed E-state index contributed by atoms with van der Waals surface area (Å²) in [6.45, 7) is 2.50. The molecule has 2 rings (SSSR count). The lowest BCUT2D eigenvalue weighted by Gasteiger charge is -2.21. The fourth-order valence-corrected chi connectivity index (χ4v) is 1.95. The molecule has 1 aromatic rings. The zero-order valence-electron chi connectivity index (χ0n) is 7.69. The van der Waals surface area contributed by atoms with Crippen molar-refractivity contribution in [2.75, 3.05) is 6.54 Å². The van der Waals surface area contributed by atoms with E-state index in [9.17, 15) is 4.79 Å². The number of hydrogen-bond acceptors (Lipinski definition) is 2. The Morgan fingerprint density at radius 2 is 2.54 bits per heavy atom. The van der Waals surface area contributed by atoms with Gasteiger partial charge in [0.2, 0.25) is 5.91 Å². The molecule has 0 aromatic carbocycles. The summed E-state index contributed by atoms with van der Waals surface area (Å²) < 4.78 is 5.02. The van der Waals surface area contributed by atoms with Crippen LogP contribution in [-0.2, 0) is 4.79 Å². The lowest BCUT2D eigenvalue weighted by atomic mass is 10.1. The Hall–Kier alpha value is -1.25. The van der Waals surface area contributed by atoms with Crippen LogP contribution in [0.2, 0.25) is 0 Å². The molecule has 1 aromatic heterocycles. The molecule has 1 fully saturated rings. The molecule has 1 aliphatic heterocycles. The number of hydrogen-bond donors (Lipinski definition) is 0. The normalized spacial score (nSPS) is 22.2. The van der Waals surface area contributed by atoms with E-state index in [4.69, 9.17) is 4.42 Å². The standard InChI is InChI=1S/C10H13NO2/c1-8(12)11-5-2-3-10(11)9-4-6-13-7-9/h4,6-7,10H,2-3,5H2,1H3. The Kier molecular flexibility index (Phi) is 2.08. The molecular formula is C10H13NO2. The number of likely N-dealkylation sites (tertiary alicyclic amines) is 1. The highest BCUT2D eigenvalue weighted by Gasteiger charge is 2.28. The number of nitrogens with zero attached hydrogens (tertiary/aromatic N) is 1. The smallest absolute Gasteiger partial charge is 0.219 e. The van der Waals surface area contributed by atoms with Gasteiger partial charge in [-0.3, -0.25) is 4.79 Å². The summed E-state index contributed by atoms with van der Waals surface area (Å²) in [5.41, 5.74) is 1.12. The molecule has 0 bridgehead atoms. The second kappa shape index (κ2) is 3.24. The summed E-state index contributed by atoms with van der Waals surface area (Å²) in [5, 5.41) is 0. The van der Waals surface area contributed by atoms with E-state index in [-0.39, 0.29) is 11.9 Å². The van der Waals surface area contributed by atoms with E-state index in [1.54, 1.807) is 19.5 Å². The van der Waals surface area contributed by atoms with E-state index < -0.39 is 0 Å². The Balaban J connectivity index is 2.19. The highest BCUT2D eigenvalue weighted by atomic mass is 16.3. The highest BCUT2D eigenvalue weighted by Crippen LogP contribution is 2.31. The second-order valence-corrected chi connectivity index (χ2v) is 3.43. The quantitative estimate of drug-likeness (QED) is 0.660. The van der Waals surface area contributed by atoms with Gasteiger partial charge in [-0.1, -0.05) is 0 Å². The van der Waals surface area contributed by atoms with E-state index in [2.05, 4.69) is 0 Å². The Morgan fingerprint density at radius 1 is 1.69 bits per heavy atom. The van der Waals surface area contributed by atoms with Gasteiger partial charge < -0.3 is 9.32 Å². The molecular weight excluding hydrogens is 166 g/mol. The summed E-state index contributed by atoms with van der Waals surface area (Å²) in [4.78, 5) is 13.2. The number of rotatable bonds is 1. The van der Waals surface area contributed by atoms with Crippen LogP contribution < -0.4 is 0 Å². The van der Waals surface area contributed by atoms with E-state index >= 15 is 0 Å². The summed E-state index contributed by atoms with van der Waals surface area (Å²) in [6.07, 6.45) is 5.53. The van der Waals surface area contributed by atoms with Crippen LogP contribution in [0.5, 0.6) is 0 Å². The average Bonchev–Trinajstić information content (AvgIpc) is 2.74. The predicted octanol–water partition coefficient (Wildman–Crippen LogP) is 1.96. The van der Waals surface area contributed by atoms with Crippen LogP contribution >= 0.6 is 0 Å². The van der Waals surface area contributed by atoms with Crippen molar-refractivity contribution in [1.82, 2.24) is 4.90 Å². The van der Waals surface area contributed by atoms with Crippen molar-refractivity contribution >= 4 is 5.91 Å². The Morgan fingerprint density at radius 3 is 3.15 bits per heavy atom. The van der Waals surface area contributed by atoms with Gasteiger partial charge in [0.15, 0.2) is 0 Å². The first kappa shape index (κ1) is 8.35. The summed E-state index contributed by atoms with van der Waals surface area (Å²) >= 11 is 0. The van der Waals surface area contributed by atoms with E-state index in [1.807, 2.05) is 11.0 Å². The first-order valence-corrected chi connectivity index (χ1v) is 4.58. The van der Waals surface area contributed by atoms with Crippen LogP contribution in [0.3, 0.4) is 0 Å².